The van der Waals surface area contributed by atoms with Gasteiger partial charge in [0, 0.05) is 12.1 Å². The van der Waals surface area contributed by atoms with Gasteiger partial charge in [-0.1, -0.05) is 12.1 Å². The minimum Gasteiger partial charge on any atom is -0.258 e. The molecule has 0 amide bonds. The average molecular weight is 177 g/mol. The molecule has 0 spiro atoms. The predicted octanol–water partition coefficient (Wildman–Crippen LogP) is 2.63. The molecule has 0 atom stereocenters. The number of non-ortho nitro benzene ring substituents is 1. The molecule has 0 heterocycles. The summed E-state index contributed by atoms with van der Waals surface area (Å²) in [6, 6.07) is 4.87. The van der Waals surface area contributed by atoms with Crippen LogP contribution in [0, 0.1) is 17.0 Å². The highest BCUT2D eigenvalue weighted by atomic mass is 16.6. The van der Waals surface area contributed by atoms with Crippen molar-refractivity contribution in [2.24, 2.45) is 0 Å². The molecule has 0 unspecified atom stereocenters. The molecule has 0 radical (unpaired) electrons. The Morgan fingerprint density at radius 2 is 2.31 bits per heavy atom. The molecular formula is C10H11NO2. The van der Waals surface area contributed by atoms with Gasteiger partial charge in [0.1, 0.15) is 0 Å². The molecule has 3 heteroatoms. The summed E-state index contributed by atoms with van der Waals surface area (Å²) in [5.41, 5.74) is 2.16. The smallest absolute Gasteiger partial charge is 0.258 e. The van der Waals surface area contributed by atoms with E-state index in [1.165, 1.54) is 6.07 Å². The second-order valence-corrected chi connectivity index (χ2v) is 2.86. The lowest BCUT2D eigenvalue weighted by Crippen LogP contribution is -1.92. The van der Waals surface area contributed by atoms with E-state index in [1.807, 2.05) is 6.92 Å². The maximum Gasteiger partial charge on any atom is 0.269 e. The van der Waals surface area contributed by atoms with Gasteiger partial charge in [0.05, 0.1) is 4.92 Å². The molecule has 0 fully saturated rings. The number of rotatable bonds is 3. The van der Waals surface area contributed by atoms with Crippen molar-refractivity contribution in [2.45, 2.75) is 13.3 Å². The number of allylic oxidation sites excluding steroid dienone is 1. The molecule has 0 aliphatic heterocycles. The van der Waals surface area contributed by atoms with E-state index in [9.17, 15) is 10.1 Å². The molecular weight excluding hydrogens is 166 g/mol. The number of benzene rings is 1. The third-order valence-electron chi connectivity index (χ3n) is 1.91. The van der Waals surface area contributed by atoms with Gasteiger partial charge < -0.3 is 0 Å². The maximum absolute atomic E-state index is 10.4. The Balaban J connectivity index is 3.10. The Morgan fingerprint density at radius 3 is 2.85 bits per heavy atom. The maximum atomic E-state index is 10.4. The molecule has 3 nitrogen and oxygen atoms in total. The van der Waals surface area contributed by atoms with Crippen LogP contribution in [0.15, 0.2) is 30.9 Å². The van der Waals surface area contributed by atoms with Gasteiger partial charge in [-0.2, -0.15) is 0 Å². The lowest BCUT2D eigenvalue weighted by atomic mass is 10.1. The zero-order valence-corrected chi connectivity index (χ0v) is 7.49. The number of hydrogen-bond donors (Lipinski definition) is 0. The van der Waals surface area contributed by atoms with Gasteiger partial charge in [0.2, 0.25) is 0 Å². The summed E-state index contributed by atoms with van der Waals surface area (Å²) in [6.07, 6.45) is 2.42. The Bertz CT molecular complexity index is 345. The van der Waals surface area contributed by atoms with Crippen LogP contribution in [0.25, 0.3) is 0 Å². The second-order valence-electron chi connectivity index (χ2n) is 2.86. The van der Waals surface area contributed by atoms with Crippen LogP contribution in [-0.2, 0) is 6.42 Å². The molecule has 0 bridgehead atoms. The first-order valence-electron chi connectivity index (χ1n) is 4.00. The zero-order chi connectivity index (χ0) is 9.84. The summed E-state index contributed by atoms with van der Waals surface area (Å²) in [6.45, 7) is 5.53. The fraction of sp³-hybridized carbons (Fsp3) is 0.200. The minimum atomic E-state index is -0.383. The number of nitro groups is 1. The third-order valence-corrected chi connectivity index (χ3v) is 1.91. The van der Waals surface area contributed by atoms with Crippen LogP contribution < -0.4 is 0 Å². The molecule has 0 saturated carbocycles. The standard InChI is InChI=1S/C10H11NO2/c1-3-4-9-7-10(11(12)13)6-5-8(9)2/h3,5-7H,1,4H2,2H3. The number of aryl methyl sites for hydroxylation is 1. The van der Waals surface area contributed by atoms with E-state index in [-0.39, 0.29) is 10.6 Å². The van der Waals surface area contributed by atoms with Crippen LogP contribution in [-0.4, -0.2) is 4.92 Å². The predicted molar refractivity (Wildman–Crippen MR) is 51.7 cm³/mol. The highest BCUT2D eigenvalue weighted by Crippen LogP contribution is 2.17. The molecule has 1 aromatic carbocycles. The Hall–Kier alpha value is -1.64. The zero-order valence-electron chi connectivity index (χ0n) is 7.49. The van der Waals surface area contributed by atoms with Crippen LogP contribution in [0.2, 0.25) is 0 Å². The van der Waals surface area contributed by atoms with Crippen LogP contribution in [0.1, 0.15) is 11.1 Å². The summed E-state index contributed by atoms with van der Waals surface area (Å²) >= 11 is 0. The third kappa shape index (κ3) is 2.15. The van der Waals surface area contributed by atoms with Gasteiger partial charge in [-0.25, -0.2) is 0 Å². The van der Waals surface area contributed by atoms with Crippen molar-refractivity contribution >= 4 is 5.69 Å². The largest absolute Gasteiger partial charge is 0.269 e. The van der Waals surface area contributed by atoms with Crippen molar-refractivity contribution in [1.29, 1.82) is 0 Å². The van der Waals surface area contributed by atoms with E-state index in [0.717, 1.165) is 11.1 Å². The molecule has 0 saturated heterocycles. The van der Waals surface area contributed by atoms with Crippen molar-refractivity contribution in [2.75, 3.05) is 0 Å². The Morgan fingerprint density at radius 1 is 1.62 bits per heavy atom. The first-order chi connectivity index (χ1) is 6.15. The first-order valence-corrected chi connectivity index (χ1v) is 4.00. The number of nitro benzene ring substituents is 1. The van der Waals surface area contributed by atoms with E-state index in [1.54, 1.807) is 18.2 Å². The highest BCUT2D eigenvalue weighted by Gasteiger charge is 2.06. The highest BCUT2D eigenvalue weighted by molar-refractivity contribution is 5.40. The first kappa shape index (κ1) is 9.45. The quantitative estimate of drug-likeness (QED) is 0.404. The summed E-state index contributed by atoms with van der Waals surface area (Å²) < 4.78 is 0. The lowest BCUT2D eigenvalue weighted by molar-refractivity contribution is -0.384. The summed E-state index contributed by atoms with van der Waals surface area (Å²) in [5.74, 6) is 0. The Labute approximate surface area is 76.9 Å². The molecule has 0 N–H and O–H groups in total. The van der Waals surface area contributed by atoms with Crippen molar-refractivity contribution < 1.29 is 4.92 Å². The number of nitrogens with zero attached hydrogens (tertiary/aromatic N) is 1. The monoisotopic (exact) mass is 177 g/mol. The van der Waals surface area contributed by atoms with Crippen molar-refractivity contribution in [3.8, 4) is 0 Å². The molecule has 68 valence electrons. The average Bonchev–Trinajstić information content (AvgIpc) is 2.08. The molecule has 0 aliphatic rings. The normalized spacial score (nSPS) is 9.62. The molecule has 1 aromatic rings. The van der Waals surface area contributed by atoms with Crippen LogP contribution >= 0.6 is 0 Å². The van der Waals surface area contributed by atoms with Crippen LogP contribution in [0.4, 0.5) is 5.69 Å². The molecule has 1 rings (SSSR count). The summed E-state index contributed by atoms with van der Waals surface area (Å²) in [4.78, 5) is 10.1. The SMILES string of the molecule is C=CCc1cc([N+](=O)[O-])ccc1C. The van der Waals surface area contributed by atoms with E-state index in [0.29, 0.717) is 6.42 Å². The summed E-state index contributed by atoms with van der Waals surface area (Å²) in [5, 5.41) is 10.4. The fourth-order valence-corrected chi connectivity index (χ4v) is 1.15. The Kier molecular flexibility index (Phi) is 2.80. The van der Waals surface area contributed by atoms with Gasteiger partial charge in [0.15, 0.2) is 0 Å². The summed E-state index contributed by atoms with van der Waals surface area (Å²) in [7, 11) is 0. The van der Waals surface area contributed by atoms with Crippen molar-refractivity contribution in [3.05, 3.63) is 52.1 Å². The van der Waals surface area contributed by atoms with Gasteiger partial charge in [0.25, 0.3) is 5.69 Å². The second kappa shape index (κ2) is 3.85. The van der Waals surface area contributed by atoms with Gasteiger partial charge in [-0.3, -0.25) is 10.1 Å². The van der Waals surface area contributed by atoms with Gasteiger partial charge >= 0.3 is 0 Å². The number of hydrogen-bond acceptors (Lipinski definition) is 2. The molecule has 0 aliphatic carbocycles. The minimum absolute atomic E-state index is 0.141. The van der Waals surface area contributed by atoms with Gasteiger partial charge in [-0.15, -0.1) is 6.58 Å². The van der Waals surface area contributed by atoms with E-state index in [2.05, 4.69) is 6.58 Å². The van der Waals surface area contributed by atoms with E-state index in [4.69, 9.17) is 0 Å². The molecule has 13 heavy (non-hydrogen) atoms. The van der Waals surface area contributed by atoms with E-state index < -0.39 is 0 Å². The topological polar surface area (TPSA) is 43.1 Å². The lowest BCUT2D eigenvalue weighted by Gasteiger charge is -2.01. The van der Waals surface area contributed by atoms with Crippen molar-refractivity contribution in [1.82, 2.24) is 0 Å². The van der Waals surface area contributed by atoms with Gasteiger partial charge in [-0.05, 0) is 24.5 Å². The fourth-order valence-electron chi connectivity index (χ4n) is 1.15. The van der Waals surface area contributed by atoms with Crippen LogP contribution in [0.5, 0.6) is 0 Å². The molecule has 0 aromatic heterocycles. The van der Waals surface area contributed by atoms with Crippen molar-refractivity contribution in [3.63, 3.8) is 0 Å². The van der Waals surface area contributed by atoms with Crippen LogP contribution in [0.3, 0.4) is 0 Å². The van der Waals surface area contributed by atoms with E-state index >= 15 is 0 Å².